The predicted octanol–water partition coefficient (Wildman–Crippen LogP) is 0.228. The van der Waals surface area contributed by atoms with Crippen LogP contribution >= 0.6 is 15.9 Å². The fourth-order valence-electron chi connectivity index (χ4n) is 2.11. The quantitative estimate of drug-likeness (QED) is 0.806. The van der Waals surface area contributed by atoms with Gasteiger partial charge in [-0.25, -0.2) is 16.8 Å². The minimum atomic E-state index is -3.83. The van der Waals surface area contributed by atoms with E-state index in [-0.39, 0.29) is 10.6 Å². The van der Waals surface area contributed by atoms with Crippen molar-refractivity contribution in [3.05, 3.63) is 28.7 Å². The third-order valence-electron chi connectivity index (χ3n) is 3.25. The topological polar surface area (TPSA) is 91.8 Å². The van der Waals surface area contributed by atoms with Crippen molar-refractivity contribution in [1.82, 2.24) is 4.31 Å². The number of aliphatic hydroxyl groups is 1. The lowest BCUT2D eigenvalue weighted by Crippen LogP contribution is -2.44. The van der Waals surface area contributed by atoms with Crippen LogP contribution in [0.5, 0.6) is 0 Å². The molecule has 1 aliphatic heterocycles. The molecule has 1 aromatic carbocycles. The van der Waals surface area contributed by atoms with Gasteiger partial charge in [-0.3, -0.25) is 0 Å². The Morgan fingerprint density at radius 3 is 2.25 bits per heavy atom. The van der Waals surface area contributed by atoms with Gasteiger partial charge < -0.3 is 5.11 Å². The maximum absolute atomic E-state index is 12.4. The zero-order chi connectivity index (χ0) is 15.1. The van der Waals surface area contributed by atoms with Crippen molar-refractivity contribution in [3.8, 4) is 0 Å². The van der Waals surface area contributed by atoms with Gasteiger partial charge in [0.1, 0.15) is 0 Å². The molecule has 9 heteroatoms. The Hall–Kier alpha value is -0.480. The molecule has 0 bridgehead atoms. The molecule has 0 aromatic heterocycles. The molecule has 0 saturated carbocycles. The van der Waals surface area contributed by atoms with Crippen molar-refractivity contribution in [3.63, 3.8) is 0 Å². The van der Waals surface area contributed by atoms with Crippen molar-refractivity contribution in [2.75, 3.05) is 18.6 Å². The number of aliphatic hydroxyl groups excluding tert-OH is 1. The Bertz CT molecular complexity index is 699. The average Bonchev–Trinajstić information content (AvgIpc) is 2.62. The fourth-order valence-corrected chi connectivity index (χ4v) is 5.70. The first-order chi connectivity index (χ1) is 9.13. The molecule has 6 nitrogen and oxygen atoms in total. The van der Waals surface area contributed by atoms with Crippen molar-refractivity contribution in [1.29, 1.82) is 0 Å². The van der Waals surface area contributed by atoms with E-state index in [4.69, 9.17) is 0 Å². The van der Waals surface area contributed by atoms with Crippen LogP contribution in [0.25, 0.3) is 0 Å². The molecule has 1 saturated heterocycles. The molecule has 0 amide bonds. The van der Waals surface area contributed by atoms with Gasteiger partial charge >= 0.3 is 0 Å². The van der Waals surface area contributed by atoms with E-state index >= 15 is 0 Å². The van der Waals surface area contributed by atoms with Crippen LogP contribution in [0, 0.1) is 0 Å². The monoisotopic (exact) mass is 383 g/mol. The number of rotatable bonds is 3. The summed E-state index contributed by atoms with van der Waals surface area (Å²) in [6, 6.07) is 5.07. The van der Waals surface area contributed by atoms with E-state index in [1.807, 2.05) is 0 Å². The number of nitrogens with zero attached hydrogens (tertiary/aromatic N) is 1. The van der Waals surface area contributed by atoms with Crippen LogP contribution in [0.3, 0.4) is 0 Å². The maximum Gasteiger partial charge on any atom is 0.243 e. The maximum atomic E-state index is 12.4. The summed E-state index contributed by atoms with van der Waals surface area (Å²) in [5.41, 5.74) is 0. The largest absolute Gasteiger partial charge is 0.390 e. The molecule has 1 heterocycles. The van der Waals surface area contributed by atoms with Gasteiger partial charge in [0.2, 0.25) is 10.0 Å². The van der Waals surface area contributed by atoms with Gasteiger partial charge in [-0.1, -0.05) is 15.9 Å². The minimum absolute atomic E-state index is 0.0553. The molecule has 0 spiro atoms. The molecule has 0 radical (unpaired) electrons. The summed E-state index contributed by atoms with van der Waals surface area (Å²) in [5.74, 6) is -0.766. The summed E-state index contributed by atoms with van der Waals surface area (Å²) in [4.78, 5) is 0.0553. The molecular weight excluding hydrogens is 370 g/mol. The molecule has 1 aromatic rings. The van der Waals surface area contributed by atoms with Crippen LogP contribution in [0.1, 0.15) is 0 Å². The molecule has 0 aliphatic carbocycles. The van der Waals surface area contributed by atoms with Crippen molar-refractivity contribution in [2.45, 2.75) is 17.0 Å². The van der Waals surface area contributed by atoms with Crippen LogP contribution < -0.4 is 0 Å². The first-order valence-electron chi connectivity index (χ1n) is 5.75. The number of sulfonamides is 1. The van der Waals surface area contributed by atoms with E-state index in [0.29, 0.717) is 0 Å². The molecule has 1 N–H and O–H groups in total. The van der Waals surface area contributed by atoms with E-state index < -0.39 is 37.8 Å². The van der Waals surface area contributed by atoms with E-state index in [2.05, 4.69) is 15.9 Å². The molecule has 1 fully saturated rings. The number of hydrogen-bond acceptors (Lipinski definition) is 5. The summed E-state index contributed by atoms with van der Waals surface area (Å²) in [6.45, 7) is 0. The molecule has 112 valence electrons. The molecule has 20 heavy (non-hydrogen) atoms. The summed E-state index contributed by atoms with van der Waals surface area (Å²) >= 11 is 3.21. The Labute approximate surface area is 126 Å². The highest BCUT2D eigenvalue weighted by Gasteiger charge is 2.42. The highest BCUT2D eigenvalue weighted by Crippen LogP contribution is 2.24. The first kappa shape index (κ1) is 15.9. The fraction of sp³-hybridized carbons (Fsp3) is 0.455. The van der Waals surface area contributed by atoms with Crippen molar-refractivity contribution >= 4 is 35.8 Å². The Kier molecular flexibility index (Phi) is 4.27. The molecule has 0 unspecified atom stereocenters. The minimum Gasteiger partial charge on any atom is -0.390 e. The average molecular weight is 384 g/mol. The van der Waals surface area contributed by atoms with Gasteiger partial charge in [-0.05, 0) is 24.3 Å². The Balaban J connectivity index is 2.33. The lowest BCUT2D eigenvalue weighted by atomic mass is 10.2. The third kappa shape index (κ3) is 3.06. The first-order valence-corrected chi connectivity index (χ1v) is 9.81. The normalized spacial score (nSPS) is 26.0. The highest BCUT2D eigenvalue weighted by molar-refractivity contribution is 9.10. The van der Waals surface area contributed by atoms with Gasteiger partial charge in [-0.2, -0.15) is 4.31 Å². The Morgan fingerprint density at radius 2 is 1.80 bits per heavy atom. The second-order valence-corrected chi connectivity index (χ2v) is 9.75. The third-order valence-corrected chi connectivity index (χ3v) is 7.38. The zero-order valence-electron chi connectivity index (χ0n) is 10.6. The van der Waals surface area contributed by atoms with E-state index in [9.17, 15) is 21.9 Å². The molecule has 1 aliphatic rings. The molecule has 2 rings (SSSR count). The second-order valence-electron chi connectivity index (χ2n) is 4.69. The second kappa shape index (κ2) is 5.38. The van der Waals surface area contributed by atoms with Crippen LogP contribution in [-0.2, 0) is 19.9 Å². The standard InChI is InChI=1S/C11H14BrNO5S2/c1-13(10-6-19(15,16)7-11(10)14)20(17,18)9-4-2-8(12)3-5-9/h2-5,10-11,14H,6-7H2,1H3/t10-,11+/m1/s1. The lowest BCUT2D eigenvalue weighted by Gasteiger charge is -2.25. The van der Waals surface area contributed by atoms with Crippen LogP contribution in [-0.4, -0.2) is 56.9 Å². The van der Waals surface area contributed by atoms with Crippen LogP contribution in [0.2, 0.25) is 0 Å². The van der Waals surface area contributed by atoms with Crippen molar-refractivity contribution in [2.24, 2.45) is 0 Å². The van der Waals surface area contributed by atoms with Gasteiger partial charge in [0.05, 0.1) is 28.5 Å². The lowest BCUT2D eigenvalue weighted by molar-refractivity contribution is 0.137. The van der Waals surface area contributed by atoms with Gasteiger partial charge in [-0.15, -0.1) is 0 Å². The summed E-state index contributed by atoms with van der Waals surface area (Å²) < 4.78 is 49.4. The molecular formula is C11H14BrNO5S2. The van der Waals surface area contributed by atoms with Crippen molar-refractivity contribution < 1.29 is 21.9 Å². The number of halogens is 1. The number of benzene rings is 1. The zero-order valence-corrected chi connectivity index (χ0v) is 13.8. The SMILES string of the molecule is CN([C@@H]1CS(=O)(=O)C[C@@H]1O)S(=O)(=O)c1ccc(Br)cc1. The Morgan fingerprint density at radius 1 is 1.25 bits per heavy atom. The van der Waals surface area contributed by atoms with Gasteiger partial charge in [0, 0.05) is 11.5 Å². The van der Waals surface area contributed by atoms with Gasteiger partial charge in [0.15, 0.2) is 9.84 Å². The summed E-state index contributed by atoms with van der Waals surface area (Å²) in [7, 11) is -5.95. The highest BCUT2D eigenvalue weighted by atomic mass is 79.9. The van der Waals surface area contributed by atoms with Crippen LogP contribution in [0.4, 0.5) is 0 Å². The molecule has 2 atom stereocenters. The number of likely N-dealkylation sites (N-methyl/N-ethyl adjacent to an activating group) is 1. The number of hydrogen-bond donors (Lipinski definition) is 1. The van der Waals surface area contributed by atoms with E-state index in [1.54, 1.807) is 12.1 Å². The predicted molar refractivity (Wildman–Crippen MR) is 77.5 cm³/mol. The van der Waals surface area contributed by atoms with E-state index in [1.165, 1.54) is 19.2 Å². The van der Waals surface area contributed by atoms with E-state index in [0.717, 1.165) is 8.78 Å². The smallest absolute Gasteiger partial charge is 0.243 e. The van der Waals surface area contributed by atoms with Gasteiger partial charge in [0.25, 0.3) is 0 Å². The van der Waals surface area contributed by atoms with Crippen LogP contribution in [0.15, 0.2) is 33.6 Å². The summed E-state index contributed by atoms with van der Waals surface area (Å²) in [5, 5.41) is 9.76. The summed E-state index contributed by atoms with van der Waals surface area (Å²) in [6.07, 6.45) is -1.20. The number of sulfone groups is 1.